The zero-order valence-corrected chi connectivity index (χ0v) is 17.2. The van der Waals surface area contributed by atoms with Gasteiger partial charge in [0.2, 0.25) is 5.91 Å². The molecule has 0 bridgehead atoms. The topological polar surface area (TPSA) is 61.4 Å². The summed E-state index contributed by atoms with van der Waals surface area (Å²) >= 11 is 0. The van der Waals surface area contributed by atoms with Gasteiger partial charge in [-0.05, 0) is 43.0 Å². The molecule has 2 N–H and O–H groups in total. The van der Waals surface area contributed by atoms with Crippen LogP contribution in [0.1, 0.15) is 61.0 Å². The molecule has 2 aromatic carbocycles. The molecule has 1 atom stereocenters. The zero-order valence-electron chi connectivity index (χ0n) is 17.2. The van der Waals surface area contributed by atoms with Gasteiger partial charge in [0, 0.05) is 30.4 Å². The van der Waals surface area contributed by atoms with Crippen LogP contribution in [0.25, 0.3) is 0 Å². The molecule has 3 rings (SSSR count). The van der Waals surface area contributed by atoms with Crippen LogP contribution in [0.2, 0.25) is 0 Å². The van der Waals surface area contributed by atoms with Gasteiger partial charge in [0.25, 0.3) is 5.91 Å². The number of nitrogens with one attached hydrogen (secondary N) is 2. The van der Waals surface area contributed by atoms with Crippen LogP contribution in [0, 0.1) is 0 Å². The molecule has 1 fully saturated rings. The highest BCUT2D eigenvalue weighted by atomic mass is 16.2. The first-order valence-electron chi connectivity index (χ1n) is 10.6. The number of hydrogen-bond donors (Lipinski definition) is 2. The molecule has 0 radical (unpaired) electrons. The van der Waals surface area contributed by atoms with Crippen LogP contribution >= 0.6 is 0 Å². The maximum absolute atomic E-state index is 12.8. The van der Waals surface area contributed by atoms with Gasteiger partial charge >= 0.3 is 0 Å². The van der Waals surface area contributed by atoms with E-state index in [1.807, 2.05) is 41.3 Å². The van der Waals surface area contributed by atoms with E-state index in [-0.39, 0.29) is 24.4 Å². The zero-order chi connectivity index (χ0) is 20.5. The number of carbonyl (C=O) groups excluding carboxylic acids is 2. The Morgan fingerprint density at radius 2 is 1.69 bits per heavy atom. The van der Waals surface area contributed by atoms with Gasteiger partial charge in [0.1, 0.15) is 0 Å². The molecule has 2 amide bonds. The average molecular weight is 394 g/mol. The molecule has 0 aliphatic carbocycles. The fourth-order valence-corrected chi connectivity index (χ4v) is 3.79. The van der Waals surface area contributed by atoms with E-state index in [2.05, 4.69) is 29.7 Å². The molecule has 1 aliphatic rings. The highest BCUT2D eigenvalue weighted by molar-refractivity contribution is 5.97. The summed E-state index contributed by atoms with van der Waals surface area (Å²) in [6.07, 6.45) is 5.40. The van der Waals surface area contributed by atoms with E-state index in [4.69, 9.17) is 0 Å². The quantitative estimate of drug-likeness (QED) is 0.734. The Kier molecular flexibility index (Phi) is 7.82. The molecule has 0 spiro atoms. The molecule has 154 valence electrons. The van der Waals surface area contributed by atoms with Crippen LogP contribution in [0.3, 0.4) is 0 Å². The number of amides is 2. The van der Waals surface area contributed by atoms with E-state index in [9.17, 15) is 9.59 Å². The summed E-state index contributed by atoms with van der Waals surface area (Å²) in [6, 6.07) is 17.5. The summed E-state index contributed by atoms with van der Waals surface area (Å²) in [7, 11) is 0. The molecule has 29 heavy (non-hydrogen) atoms. The highest BCUT2D eigenvalue weighted by Gasteiger charge is 2.18. The SMILES string of the molecule is CCC(NCC(=O)Nc1cccc(C(=O)N2CCCCCC2)c1)c1ccccc1. The Bertz CT molecular complexity index is 799. The third kappa shape index (κ3) is 6.16. The van der Waals surface area contributed by atoms with Crippen molar-refractivity contribution in [1.29, 1.82) is 0 Å². The van der Waals surface area contributed by atoms with Crippen LogP contribution in [-0.4, -0.2) is 36.3 Å². The summed E-state index contributed by atoms with van der Waals surface area (Å²) in [5, 5.41) is 6.23. The predicted molar refractivity (Wildman–Crippen MR) is 117 cm³/mol. The van der Waals surface area contributed by atoms with Crippen molar-refractivity contribution < 1.29 is 9.59 Å². The van der Waals surface area contributed by atoms with E-state index in [1.54, 1.807) is 6.07 Å². The van der Waals surface area contributed by atoms with Gasteiger partial charge in [0.15, 0.2) is 0 Å². The molecule has 0 aromatic heterocycles. The normalized spacial score (nSPS) is 15.4. The number of likely N-dealkylation sites (tertiary alicyclic amines) is 1. The van der Waals surface area contributed by atoms with Crippen molar-refractivity contribution in [3.05, 3.63) is 65.7 Å². The lowest BCUT2D eigenvalue weighted by atomic mass is 10.0. The van der Waals surface area contributed by atoms with Crippen LogP contribution in [0.4, 0.5) is 5.69 Å². The molecule has 1 saturated heterocycles. The van der Waals surface area contributed by atoms with Gasteiger partial charge < -0.3 is 15.5 Å². The number of benzene rings is 2. The molecule has 5 heteroatoms. The molecule has 5 nitrogen and oxygen atoms in total. The fourth-order valence-electron chi connectivity index (χ4n) is 3.79. The first-order valence-corrected chi connectivity index (χ1v) is 10.6. The van der Waals surface area contributed by atoms with Crippen molar-refractivity contribution in [1.82, 2.24) is 10.2 Å². The third-order valence-electron chi connectivity index (χ3n) is 5.41. The van der Waals surface area contributed by atoms with Gasteiger partial charge in [0.05, 0.1) is 6.54 Å². The number of rotatable bonds is 7. The molecule has 1 aliphatic heterocycles. The van der Waals surface area contributed by atoms with Crippen LogP contribution in [0.5, 0.6) is 0 Å². The summed E-state index contributed by atoms with van der Waals surface area (Å²) in [4.78, 5) is 27.2. The summed E-state index contributed by atoms with van der Waals surface area (Å²) in [5.41, 5.74) is 2.46. The fraction of sp³-hybridized carbons (Fsp3) is 0.417. The molecule has 1 heterocycles. The van der Waals surface area contributed by atoms with Crippen LogP contribution in [-0.2, 0) is 4.79 Å². The predicted octanol–water partition coefficient (Wildman–Crippen LogP) is 4.38. The Hall–Kier alpha value is -2.66. The van der Waals surface area contributed by atoms with Gasteiger partial charge in [-0.2, -0.15) is 0 Å². The molecule has 1 unspecified atom stereocenters. The molecular weight excluding hydrogens is 362 g/mol. The average Bonchev–Trinajstić information content (AvgIpc) is 3.04. The maximum Gasteiger partial charge on any atom is 0.253 e. The number of hydrogen-bond acceptors (Lipinski definition) is 3. The lowest BCUT2D eigenvalue weighted by Gasteiger charge is -2.20. The lowest BCUT2D eigenvalue weighted by Crippen LogP contribution is -2.32. The Balaban J connectivity index is 1.56. The third-order valence-corrected chi connectivity index (χ3v) is 5.41. The van der Waals surface area contributed by atoms with Crippen molar-refractivity contribution in [3.63, 3.8) is 0 Å². The second-order valence-corrected chi connectivity index (χ2v) is 7.59. The molecule has 0 saturated carbocycles. The Morgan fingerprint density at radius 3 is 2.38 bits per heavy atom. The van der Waals surface area contributed by atoms with Gasteiger partial charge in [-0.25, -0.2) is 0 Å². The Labute approximate surface area is 173 Å². The number of nitrogens with zero attached hydrogens (tertiary/aromatic N) is 1. The minimum Gasteiger partial charge on any atom is -0.339 e. The minimum atomic E-state index is -0.112. The van der Waals surface area contributed by atoms with Crippen molar-refractivity contribution in [3.8, 4) is 0 Å². The van der Waals surface area contributed by atoms with Crippen LogP contribution in [0.15, 0.2) is 54.6 Å². The van der Waals surface area contributed by atoms with E-state index in [0.29, 0.717) is 11.3 Å². The van der Waals surface area contributed by atoms with Crippen molar-refractivity contribution >= 4 is 17.5 Å². The molecular formula is C24H31N3O2. The van der Waals surface area contributed by atoms with E-state index in [1.165, 1.54) is 18.4 Å². The Morgan fingerprint density at radius 1 is 0.966 bits per heavy atom. The summed E-state index contributed by atoms with van der Waals surface area (Å²) < 4.78 is 0. The largest absolute Gasteiger partial charge is 0.339 e. The van der Waals surface area contributed by atoms with Gasteiger partial charge in [-0.1, -0.05) is 56.2 Å². The van der Waals surface area contributed by atoms with Gasteiger partial charge in [-0.15, -0.1) is 0 Å². The lowest BCUT2D eigenvalue weighted by molar-refractivity contribution is -0.115. The summed E-state index contributed by atoms with van der Waals surface area (Å²) in [5.74, 6) is -0.0602. The summed E-state index contributed by atoms with van der Waals surface area (Å²) in [6.45, 7) is 3.95. The first kappa shape index (κ1) is 21.1. The van der Waals surface area contributed by atoms with E-state index < -0.39 is 0 Å². The maximum atomic E-state index is 12.8. The second kappa shape index (κ2) is 10.8. The standard InChI is InChI=1S/C24H31N3O2/c1-2-22(19-11-6-5-7-12-19)25-18-23(28)26-21-14-10-13-20(17-21)24(29)27-15-8-3-4-9-16-27/h5-7,10-14,17,22,25H,2-4,8-9,15-16,18H2,1H3,(H,26,28). The van der Waals surface area contributed by atoms with Crippen molar-refractivity contribution in [2.75, 3.05) is 25.0 Å². The monoisotopic (exact) mass is 393 g/mol. The first-order chi connectivity index (χ1) is 14.2. The van der Waals surface area contributed by atoms with Crippen LogP contribution < -0.4 is 10.6 Å². The van der Waals surface area contributed by atoms with E-state index in [0.717, 1.165) is 32.4 Å². The van der Waals surface area contributed by atoms with Crippen molar-refractivity contribution in [2.45, 2.75) is 45.1 Å². The minimum absolute atomic E-state index is 0.0521. The highest BCUT2D eigenvalue weighted by Crippen LogP contribution is 2.17. The van der Waals surface area contributed by atoms with Crippen molar-refractivity contribution in [2.24, 2.45) is 0 Å². The van der Waals surface area contributed by atoms with E-state index >= 15 is 0 Å². The number of anilines is 1. The van der Waals surface area contributed by atoms with Gasteiger partial charge in [-0.3, -0.25) is 9.59 Å². The number of carbonyl (C=O) groups is 2. The second-order valence-electron chi connectivity index (χ2n) is 7.59. The molecule has 2 aromatic rings. The smallest absolute Gasteiger partial charge is 0.253 e.